The molecular weight excluding hydrogens is 404 g/mol. The molecule has 1 aromatic heterocycles. The predicted molar refractivity (Wildman–Crippen MR) is 121 cm³/mol. The molecule has 5 rings (SSSR count). The zero-order chi connectivity index (χ0) is 21.9. The van der Waals surface area contributed by atoms with E-state index in [9.17, 15) is 9.59 Å². The third kappa shape index (κ3) is 3.78. The van der Waals surface area contributed by atoms with Gasteiger partial charge in [0.25, 0.3) is 5.91 Å². The summed E-state index contributed by atoms with van der Waals surface area (Å²) in [6, 6.07) is 27.6. The SMILES string of the molecule is O=C(OCC(=O)N1c2ccccc2OCC1c1ccccc1)c1ccc2ccccc2n1. The van der Waals surface area contributed by atoms with Crippen molar-refractivity contribution in [3.05, 3.63) is 102 Å². The van der Waals surface area contributed by atoms with Crippen molar-refractivity contribution >= 4 is 28.5 Å². The molecule has 0 radical (unpaired) electrons. The first-order valence-electron chi connectivity index (χ1n) is 10.3. The van der Waals surface area contributed by atoms with Crippen molar-refractivity contribution in [2.45, 2.75) is 6.04 Å². The lowest BCUT2D eigenvalue weighted by Gasteiger charge is -2.37. The highest BCUT2D eigenvalue weighted by molar-refractivity contribution is 5.99. The van der Waals surface area contributed by atoms with Crippen LogP contribution >= 0.6 is 0 Å². The van der Waals surface area contributed by atoms with Gasteiger partial charge in [0, 0.05) is 5.39 Å². The van der Waals surface area contributed by atoms with Crippen LogP contribution < -0.4 is 9.64 Å². The lowest BCUT2D eigenvalue weighted by molar-refractivity contribution is -0.122. The Bertz CT molecular complexity index is 1290. The van der Waals surface area contributed by atoms with E-state index in [4.69, 9.17) is 9.47 Å². The van der Waals surface area contributed by atoms with Crippen LogP contribution in [0.5, 0.6) is 5.75 Å². The van der Waals surface area contributed by atoms with Crippen LogP contribution in [0.15, 0.2) is 91.0 Å². The molecule has 6 heteroatoms. The number of benzene rings is 3. The lowest BCUT2D eigenvalue weighted by Crippen LogP contribution is -2.43. The highest BCUT2D eigenvalue weighted by Gasteiger charge is 2.33. The molecule has 0 bridgehead atoms. The number of fused-ring (bicyclic) bond motifs is 2. The van der Waals surface area contributed by atoms with Gasteiger partial charge in [-0.15, -0.1) is 0 Å². The Labute approximate surface area is 185 Å². The van der Waals surface area contributed by atoms with Gasteiger partial charge in [-0.25, -0.2) is 9.78 Å². The third-order valence-corrected chi connectivity index (χ3v) is 5.42. The van der Waals surface area contributed by atoms with Crippen molar-refractivity contribution in [1.29, 1.82) is 0 Å². The van der Waals surface area contributed by atoms with Crippen LogP contribution in [0, 0.1) is 0 Å². The summed E-state index contributed by atoms with van der Waals surface area (Å²) >= 11 is 0. The Kier molecular flexibility index (Phi) is 5.25. The van der Waals surface area contributed by atoms with Gasteiger partial charge in [-0.1, -0.05) is 66.7 Å². The fourth-order valence-corrected chi connectivity index (χ4v) is 3.87. The summed E-state index contributed by atoms with van der Waals surface area (Å²) in [4.78, 5) is 31.9. The molecule has 1 aliphatic heterocycles. The molecule has 0 aliphatic carbocycles. The molecule has 0 spiro atoms. The van der Waals surface area contributed by atoms with Crippen molar-refractivity contribution in [3.63, 3.8) is 0 Å². The van der Waals surface area contributed by atoms with E-state index in [1.807, 2.05) is 84.9 Å². The molecule has 32 heavy (non-hydrogen) atoms. The summed E-state index contributed by atoms with van der Waals surface area (Å²) in [5, 5.41) is 0.927. The number of para-hydroxylation sites is 3. The van der Waals surface area contributed by atoms with Crippen molar-refractivity contribution < 1.29 is 19.1 Å². The molecule has 6 nitrogen and oxygen atoms in total. The molecule has 1 amide bonds. The van der Waals surface area contributed by atoms with Gasteiger partial charge < -0.3 is 9.47 Å². The number of aromatic nitrogens is 1. The zero-order valence-corrected chi connectivity index (χ0v) is 17.2. The van der Waals surface area contributed by atoms with Crippen LogP contribution in [-0.2, 0) is 9.53 Å². The number of amides is 1. The fraction of sp³-hybridized carbons (Fsp3) is 0.115. The standard InChI is InChI=1S/C26H20N2O4/c29-25(17-32-26(30)21-15-14-18-8-4-5-11-20(18)27-21)28-22-12-6-7-13-24(22)31-16-23(28)19-9-2-1-3-10-19/h1-15,23H,16-17H2. The first-order valence-corrected chi connectivity index (χ1v) is 10.3. The number of anilines is 1. The van der Waals surface area contributed by atoms with Gasteiger partial charge in [0.05, 0.1) is 17.2 Å². The van der Waals surface area contributed by atoms with Crippen molar-refractivity contribution in [3.8, 4) is 5.75 Å². The Morgan fingerprint density at radius 1 is 0.906 bits per heavy atom. The summed E-state index contributed by atoms with van der Waals surface area (Å²) in [6.45, 7) is -0.0854. The maximum absolute atomic E-state index is 13.3. The van der Waals surface area contributed by atoms with E-state index < -0.39 is 12.6 Å². The molecule has 0 N–H and O–H groups in total. The van der Waals surface area contributed by atoms with Crippen LogP contribution in [0.4, 0.5) is 5.69 Å². The summed E-state index contributed by atoms with van der Waals surface area (Å²) in [7, 11) is 0. The van der Waals surface area contributed by atoms with Crippen LogP contribution in [0.1, 0.15) is 22.1 Å². The molecule has 4 aromatic rings. The van der Waals surface area contributed by atoms with Crippen LogP contribution in [0.2, 0.25) is 0 Å². The van der Waals surface area contributed by atoms with E-state index in [2.05, 4.69) is 4.98 Å². The first kappa shape index (κ1) is 19.8. The smallest absolute Gasteiger partial charge is 0.357 e. The molecule has 0 saturated carbocycles. The van der Waals surface area contributed by atoms with Crippen LogP contribution in [0.3, 0.4) is 0 Å². The van der Waals surface area contributed by atoms with Gasteiger partial charge in [-0.2, -0.15) is 0 Å². The number of nitrogens with zero attached hydrogens (tertiary/aromatic N) is 2. The fourth-order valence-electron chi connectivity index (χ4n) is 3.87. The minimum Gasteiger partial charge on any atom is -0.489 e. The number of rotatable bonds is 4. The molecular formula is C26H20N2O4. The number of hydrogen-bond donors (Lipinski definition) is 0. The third-order valence-electron chi connectivity index (χ3n) is 5.42. The summed E-state index contributed by atoms with van der Waals surface area (Å²) < 4.78 is 11.3. The second-order valence-electron chi connectivity index (χ2n) is 7.43. The molecule has 1 unspecified atom stereocenters. The Morgan fingerprint density at radius 2 is 1.66 bits per heavy atom. The summed E-state index contributed by atoms with van der Waals surface area (Å²) in [6.07, 6.45) is 0. The number of hydrogen-bond acceptors (Lipinski definition) is 5. The normalized spacial score (nSPS) is 15.0. The Morgan fingerprint density at radius 3 is 2.53 bits per heavy atom. The van der Waals surface area contributed by atoms with E-state index in [-0.39, 0.29) is 17.6 Å². The molecule has 1 atom stereocenters. The van der Waals surface area contributed by atoms with Crippen molar-refractivity contribution in [2.24, 2.45) is 0 Å². The summed E-state index contributed by atoms with van der Waals surface area (Å²) in [5.74, 6) is -0.346. The van der Waals surface area contributed by atoms with Crippen LogP contribution in [0.25, 0.3) is 10.9 Å². The Balaban J connectivity index is 1.38. The first-order chi connectivity index (χ1) is 15.7. The number of esters is 1. The average Bonchev–Trinajstić information content (AvgIpc) is 2.86. The van der Waals surface area contributed by atoms with E-state index in [1.54, 1.807) is 11.0 Å². The number of carbonyl (C=O) groups is 2. The molecule has 2 heterocycles. The monoisotopic (exact) mass is 424 g/mol. The van der Waals surface area contributed by atoms with E-state index in [1.165, 1.54) is 0 Å². The van der Waals surface area contributed by atoms with Gasteiger partial charge in [-0.3, -0.25) is 9.69 Å². The Hall–Kier alpha value is -4.19. The average molecular weight is 424 g/mol. The van der Waals surface area contributed by atoms with Crippen LogP contribution in [-0.4, -0.2) is 30.1 Å². The highest BCUT2D eigenvalue weighted by Crippen LogP contribution is 2.39. The van der Waals surface area contributed by atoms with Gasteiger partial charge in [0.2, 0.25) is 0 Å². The van der Waals surface area contributed by atoms with E-state index in [0.717, 1.165) is 10.9 Å². The van der Waals surface area contributed by atoms with Gasteiger partial charge in [-0.05, 0) is 29.8 Å². The van der Waals surface area contributed by atoms with E-state index >= 15 is 0 Å². The molecule has 3 aromatic carbocycles. The molecule has 0 fully saturated rings. The second kappa shape index (κ2) is 8.51. The maximum Gasteiger partial charge on any atom is 0.357 e. The van der Waals surface area contributed by atoms with Crippen molar-refractivity contribution in [2.75, 3.05) is 18.1 Å². The van der Waals surface area contributed by atoms with Crippen molar-refractivity contribution in [1.82, 2.24) is 4.98 Å². The second-order valence-corrected chi connectivity index (χ2v) is 7.43. The van der Waals surface area contributed by atoms with E-state index in [0.29, 0.717) is 23.6 Å². The lowest BCUT2D eigenvalue weighted by atomic mass is 10.0. The molecule has 0 saturated heterocycles. The molecule has 1 aliphatic rings. The zero-order valence-electron chi connectivity index (χ0n) is 17.2. The maximum atomic E-state index is 13.3. The van der Waals surface area contributed by atoms with Gasteiger partial charge in [0.1, 0.15) is 18.1 Å². The summed E-state index contributed by atoms with van der Waals surface area (Å²) in [5.41, 5.74) is 2.45. The number of pyridine rings is 1. The highest BCUT2D eigenvalue weighted by atomic mass is 16.5. The van der Waals surface area contributed by atoms with Gasteiger partial charge in [0.15, 0.2) is 6.61 Å². The molecule has 158 valence electrons. The topological polar surface area (TPSA) is 68.7 Å². The quantitative estimate of drug-likeness (QED) is 0.449. The largest absolute Gasteiger partial charge is 0.489 e. The minimum absolute atomic E-state index is 0.165. The number of ether oxygens (including phenoxy) is 2. The number of carbonyl (C=O) groups excluding carboxylic acids is 2. The predicted octanol–water partition coefficient (Wildman–Crippen LogP) is 4.56. The minimum atomic E-state index is -0.637. The van der Waals surface area contributed by atoms with Gasteiger partial charge >= 0.3 is 5.97 Å².